The number of hydrogen-bond donors (Lipinski definition) is 1. The molecule has 100 valence electrons. The first kappa shape index (κ1) is 14.5. The minimum atomic E-state index is -0.728. The zero-order valence-electron chi connectivity index (χ0n) is 12.1. The molecular weight excluding hydrogens is 214 g/mol. The quantitative estimate of drug-likeness (QED) is 0.825. The van der Waals surface area contributed by atoms with Gasteiger partial charge in [-0.25, -0.2) is 0 Å². The van der Waals surface area contributed by atoms with Gasteiger partial charge in [0.05, 0.1) is 0 Å². The average Bonchev–Trinajstić information content (AvgIpc) is 2.10. The summed E-state index contributed by atoms with van der Waals surface area (Å²) in [6.45, 7) is 10.9. The molecule has 0 aromatic carbocycles. The molecule has 1 saturated carbocycles. The molecular formula is C14H27NO2. The van der Waals surface area contributed by atoms with E-state index in [0.717, 1.165) is 12.8 Å². The van der Waals surface area contributed by atoms with Crippen molar-refractivity contribution in [3.05, 3.63) is 0 Å². The summed E-state index contributed by atoms with van der Waals surface area (Å²) in [5, 5.41) is 9.10. The van der Waals surface area contributed by atoms with Gasteiger partial charge >= 0.3 is 5.97 Å². The van der Waals surface area contributed by atoms with E-state index in [1.165, 1.54) is 6.42 Å². The Morgan fingerprint density at radius 1 is 1.24 bits per heavy atom. The molecule has 1 unspecified atom stereocenters. The summed E-state index contributed by atoms with van der Waals surface area (Å²) in [5.41, 5.74) is 0.609. The van der Waals surface area contributed by atoms with Crippen molar-refractivity contribution in [2.45, 2.75) is 66.0 Å². The Labute approximate surface area is 105 Å². The third-order valence-corrected chi connectivity index (χ3v) is 4.08. The van der Waals surface area contributed by atoms with Gasteiger partial charge in [-0.15, -0.1) is 0 Å². The number of carbonyl (C=O) groups is 1. The summed E-state index contributed by atoms with van der Waals surface area (Å²) < 4.78 is 0. The first-order valence-corrected chi connectivity index (χ1v) is 6.49. The summed E-state index contributed by atoms with van der Waals surface area (Å²) in [7, 11) is 1.95. The maximum absolute atomic E-state index is 11.1. The van der Waals surface area contributed by atoms with E-state index in [2.05, 4.69) is 27.7 Å². The molecule has 0 aliphatic heterocycles. The zero-order valence-corrected chi connectivity index (χ0v) is 12.1. The molecule has 0 spiro atoms. The van der Waals surface area contributed by atoms with Gasteiger partial charge in [-0.05, 0) is 44.1 Å². The third-order valence-electron chi connectivity index (χ3n) is 4.08. The SMILES string of the molecule is CC(C(=O)O)N(C)C1CC(C)(C)CC(C)(C)C1. The minimum absolute atomic E-state index is 0.304. The number of likely N-dealkylation sites (N-methyl/N-ethyl adjacent to an activating group) is 1. The van der Waals surface area contributed by atoms with Crippen molar-refractivity contribution < 1.29 is 9.90 Å². The Hall–Kier alpha value is -0.570. The summed E-state index contributed by atoms with van der Waals surface area (Å²) in [6.07, 6.45) is 3.39. The Morgan fingerprint density at radius 3 is 2.00 bits per heavy atom. The average molecular weight is 241 g/mol. The van der Waals surface area contributed by atoms with Crippen LogP contribution in [0.1, 0.15) is 53.9 Å². The van der Waals surface area contributed by atoms with Gasteiger partial charge in [-0.2, -0.15) is 0 Å². The van der Waals surface area contributed by atoms with Crippen LogP contribution in [0.3, 0.4) is 0 Å². The van der Waals surface area contributed by atoms with Gasteiger partial charge in [0, 0.05) is 6.04 Å². The van der Waals surface area contributed by atoms with E-state index in [9.17, 15) is 4.79 Å². The van der Waals surface area contributed by atoms with E-state index in [-0.39, 0.29) is 0 Å². The number of carboxylic acids is 1. The first-order chi connectivity index (χ1) is 7.54. The van der Waals surface area contributed by atoms with E-state index in [0.29, 0.717) is 16.9 Å². The molecule has 1 aliphatic carbocycles. The molecule has 0 saturated heterocycles. The van der Waals surface area contributed by atoms with Crippen LogP contribution in [0.2, 0.25) is 0 Å². The third kappa shape index (κ3) is 3.70. The summed E-state index contributed by atoms with van der Waals surface area (Å²) in [4.78, 5) is 13.1. The molecule has 17 heavy (non-hydrogen) atoms. The standard InChI is InChI=1S/C14H27NO2/c1-10(12(16)17)15(6)11-7-13(2,3)9-14(4,5)8-11/h10-11H,7-9H2,1-6H3,(H,16,17). The summed E-state index contributed by atoms with van der Waals surface area (Å²) in [6, 6.07) is -0.0236. The molecule has 1 rings (SSSR count). The molecule has 0 amide bonds. The van der Waals surface area contributed by atoms with E-state index in [4.69, 9.17) is 5.11 Å². The van der Waals surface area contributed by atoms with Crippen molar-refractivity contribution in [3.63, 3.8) is 0 Å². The number of aliphatic carboxylic acids is 1. The second-order valence-electron chi connectivity index (χ2n) is 7.25. The van der Waals surface area contributed by atoms with Crippen LogP contribution in [-0.4, -0.2) is 35.1 Å². The van der Waals surface area contributed by atoms with Crippen molar-refractivity contribution in [2.24, 2.45) is 10.8 Å². The highest BCUT2D eigenvalue weighted by atomic mass is 16.4. The molecule has 1 fully saturated rings. The Kier molecular flexibility index (Phi) is 3.92. The molecule has 3 heteroatoms. The van der Waals surface area contributed by atoms with Gasteiger partial charge in [-0.1, -0.05) is 27.7 Å². The van der Waals surface area contributed by atoms with Gasteiger partial charge in [0.2, 0.25) is 0 Å². The summed E-state index contributed by atoms with van der Waals surface area (Å²) in [5.74, 6) is -0.728. The number of rotatable bonds is 3. The predicted molar refractivity (Wildman–Crippen MR) is 70.1 cm³/mol. The Balaban J connectivity index is 2.80. The van der Waals surface area contributed by atoms with Crippen molar-refractivity contribution in [2.75, 3.05) is 7.05 Å². The lowest BCUT2D eigenvalue weighted by Gasteiger charge is -2.48. The molecule has 0 heterocycles. The smallest absolute Gasteiger partial charge is 0.320 e. The number of carboxylic acid groups (broad SMARTS) is 1. The monoisotopic (exact) mass is 241 g/mol. The van der Waals surface area contributed by atoms with Crippen molar-refractivity contribution in [3.8, 4) is 0 Å². The van der Waals surface area contributed by atoms with Crippen LogP contribution in [0.5, 0.6) is 0 Å². The highest BCUT2D eigenvalue weighted by Crippen LogP contribution is 2.47. The number of hydrogen-bond acceptors (Lipinski definition) is 2. The fourth-order valence-electron chi connectivity index (χ4n) is 3.57. The topological polar surface area (TPSA) is 40.5 Å². The predicted octanol–water partition coefficient (Wildman–Crippen LogP) is 3.00. The minimum Gasteiger partial charge on any atom is -0.480 e. The normalized spacial score (nSPS) is 25.8. The van der Waals surface area contributed by atoms with E-state index in [1.807, 2.05) is 11.9 Å². The van der Waals surface area contributed by atoms with Crippen LogP contribution in [-0.2, 0) is 4.79 Å². The zero-order chi connectivity index (χ0) is 13.4. The molecule has 1 N–H and O–H groups in total. The molecule has 0 aromatic rings. The van der Waals surface area contributed by atoms with Crippen molar-refractivity contribution in [1.29, 1.82) is 0 Å². The lowest BCUT2D eigenvalue weighted by molar-refractivity contribution is -0.144. The largest absolute Gasteiger partial charge is 0.480 e. The Morgan fingerprint density at radius 2 is 1.65 bits per heavy atom. The van der Waals surface area contributed by atoms with E-state index < -0.39 is 12.0 Å². The molecule has 1 aliphatic rings. The van der Waals surface area contributed by atoms with Crippen LogP contribution < -0.4 is 0 Å². The molecule has 3 nitrogen and oxygen atoms in total. The van der Waals surface area contributed by atoms with Gasteiger partial charge < -0.3 is 5.11 Å². The van der Waals surface area contributed by atoms with Gasteiger partial charge in [0.1, 0.15) is 6.04 Å². The first-order valence-electron chi connectivity index (χ1n) is 6.49. The van der Waals surface area contributed by atoms with Crippen molar-refractivity contribution >= 4 is 5.97 Å². The van der Waals surface area contributed by atoms with Crippen LogP contribution >= 0.6 is 0 Å². The van der Waals surface area contributed by atoms with Crippen LogP contribution in [0.25, 0.3) is 0 Å². The van der Waals surface area contributed by atoms with Crippen LogP contribution in [0, 0.1) is 10.8 Å². The maximum atomic E-state index is 11.1. The second-order valence-corrected chi connectivity index (χ2v) is 7.25. The highest BCUT2D eigenvalue weighted by molar-refractivity contribution is 5.72. The fourth-order valence-corrected chi connectivity index (χ4v) is 3.57. The fraction of sp³-hybridized carbons (Fsp3) is 0.929. The van der Waals surface area contributed by atoms with E-state index in [1.54, 1.807) is 6.92 Å². The number of nitrogens with zero attached hydrogens (tertiary/aromatic N) is 1. The van der Waals surface area contributed by atoms with Crippen molar-refractivity contribution in [1.82, 2.24) is 4.90 Å². The summed E-state index contributed by atoms with van der Waals surface area (Å²) >= 11 is 0. The Bertz CT molecular complexity index is 281. The molecule has 1 atom stereocenters. The van der Waals surface area contributed by atoms with Gasteiger partial charge in [0.25, 0.3) is 0 Å². The maximum Gasteiger partial charge on any atom is 0.320 e. The van der Waals surface area contributed by atoms with Gasteiger partial charge in [0.15, 0.2) is 0 Å². The lowest BCUT2D eigenvalue weighted by atomic mass is 9.63. The van der Waals surface area contributed by atoms with Crippen LogP contribution in [0.15, 0.2) is 0 Å². The van der Waals surface area contributed by atoms with Crippen LogP contribution in [0.4, 0.5) is 0 Å². The van der Waals surface area contributed by atoms with Gasteiger partial charge in [-0.3, -0.25) is 9.69 Å². The second kappa shape index (κ2) is 4.60. The molecule has 0 bridgehead atoms. The highest BCUT2D eigenvalue weighted by Gasteiger charge is 2.41. The molecule has 0 aromatic heterocycles. The molecule has 0 radical (unpaired) electrons. The lowest BCUT2D eigenvalue weighted by Crippen LogP contribution is -2.49. The van der Waals surface area contributed by atoms with E-state index >= 15 is 0 Å².